The first-order valence-corrected chi connectivity index (χ1v) is 13.6. The number of methoxy groups -OCH3 is 1. The smallest absolute Gasteiger partial charge is 0.341 e. The van der Waals surface area contributed by atoms with E-state index in [1.807, 2.05) is 6.92 Å². The van der Waals surface area contributed by atoms with Crippen LogP contribution in [0.4, 0.5) is 0 Å². The summed E-state index contributed by atoms with van der Waals surface area (Å²) >= 11 is 0. The predicted octanol–water partition coefficient (Wildman–Crippen LogP) is 2.85. The molecule has 0 bridgehead atoms. The molecule has 0 amide bonds. The van der Waals surface area contributed by atoms with Crippen LogP contribution >= 0.6 is 0 Å². The number of rotatable bonds is 4. The van der Waals surface area contributed by atoms with Gasteiger partial charge >= 0.3 is 11.9 Å². The van der Waals surface area contributed by atoms with Crippen molar-refractivity contribution in [3.63, 3.8) is 0 Å². The summed E-state index contributed by atoms with van der Waals surface area (Å²) in [7, 11) is -1.06. The van der Waals surface area contributed by atoms with Crippen molar-refractivity contribution in [3.8, 4) is 0 Å². The van der Waals surface area contributed by atoms with E-state index in [0.29, 0.717) is 0 Å². The van der Waals surface area contributed by atoms with Gasteiger partial charge in [0.15, 0.2) is 13.9 Å². The van der Waals surface area contributed by atoms with Crippen molar-refractivity contribution in [2.45, 2.75) is 83.7 Å². The quantitative estimate of drug-likeness (QED) is 0.530. The zero-order chi connectivity index (χ0) is 22.9. The number of aliphatic hydroxyl groups is 1. The number of esters is 2. The number of ether oxygens (including phenoxy) is 2. The Morgan fingerprint density at radius 1 is 1.30 bits per heavy atom. The van der Waals surface area contributed by atoms with Gasteiger partial charge in [-0.2, -0.15) is 0 Å². The molecule has 0 aromatic carbocycles. The van der Waals surface area contributed by atoms with E-state index in [1.165, 1.54) is 7.11 Å². The van der Waals surface area contributed by atoms with Gasteiger partial charge < -0.3 is 19.0 Å². The van der Waals surface area contributed by atoms with Gasteiger partial charge in [-0.05, 0) is 35.9 Å². The van der Waals surface area contributed by atoms with E-state index in [1.54, 1.807) is 6.92 Å². The molecule has 1 saturated heterocycles. The van der Waals surface area contributed by atoms with Gasteiger partial charge in [-0.3, -0.25) is 9.59 Å². The Kier molecular flexibility index (Phi) is 5.36. The van der Waals surface area contributed by atoms with Gasteiger partial charge in [0.05, 0.1) is 19.6 Å². The van der Waals surface area contributed by atoms with Crippen LogP contribution in [0.1, 0.15) is 53.9 Å². The monoisotopic (exact) mass is 440 g/mol. The second kappa shape index (κ2) is 6.87. The molecule has 3 rings (SSSR count). The van der Waals surface area contributed by atoms with Gasteiger partial charge in [0, 0.05) is 17.8 Å². The number of carbonyl (C=O) groups is 3. The van der Waals surface area contributed by atoms with Gasteiger partial charge in [0.2, 0.25) is 0 Å². The van der Waals surface area contributed by atoms with Crippen molar-refractivity contribution >= 4 is 26.0 Å². The molecule has 0 spiro atoms. The maximum absolute atomic E-state index is 12.9. The Hall–Kier alpha value is -1.25. The first kappa shape index (κ1) is 23.4. The molecule has 3 fully saturated rings. The molecule has 1 aliphatic heterocycles. The van der Waals surface area contributed by atoms with E-state index in [0.717, 1.165) is 0 Å². The molecule has 1 heterocycles. The molecule has 170 valence electrons. The van der Waals surface area contributed by atoms with Crippen LogP contribution in [0.3, 0.4) is 0 Å². The molecule has 3 aliphatic rings. The van der Waals surface area contributed by atoms with Gasteiger partial charge in [-0.15, -0.1) is 0 Å². The lowest BCUT2D eigenvalue weighted by atomic mass is 9.48. The van der Waals surface area contributed by atoms with Gasteiger partial charge in [0.1, 0.15) is 12.4 Å². The minimum absolute atomic E-state index is 0.00723. The summed E-state index contributed by atoms with van der Waals surface area (Å²) in [5, 5.41) is 11.7. The van der Waals surface area contributed by atoms with Crippen LogP contribution in [-0.4, -0.2) is 56.6 Å². The van der Waals surface area contributed by atoms with Crippen molar-refractivity contribution in [2.24, 2.45) is 22.7 Å². The molecule has 2 saturated carbocycles. The number of hydrogen-bond donors (Lipinski definition) is 1. The molecule has 0 aromatic heterocycles. The number of cyclic esters (lactones) is 1. The Morgan fingerprint density at radius 3 is 2.43 bits per heavy atom. The van der Waals surface area contributed by atoms with Gasteiger partial charge in [0.25, 0.3) is 0 Å². The molecule has 8 heteroatoms. The van der Waals surface area contributed by atoms with Crippen LogP contribution in [0, 0.1) is 22.7 Å². The number of Topliss-reactive ketones (excluding diaryl/α,β-unsaturated/α-hetero) is 1. The summed E-state index contributed by atoms with van der Waals surface area (Å²) in [5.74, 6) is -1.81. The van der Waals surface area contributed by atoms with Crippen LogP contribution < -0.4 is 0 Å². The molecular formula is C22H36O7Si. The Morgan fingerprint density at radius 2 is 1.90 bits per heavy atom. The SMILES string of the molecule is COC(=O)C[C@@]12C[C@@H](O[Si](C)(C)C(C)(C)C)[C@@]3(O)C(=O)OC[C@@]3(C)[C@@H]1CC(=O)C2C. The largest absolute Gasteiger partial charge is 0.469 e. The fourth-order valence-electron chi connectivity index (χ4n) is 5.76. The third kappa shape index (κ3) is 2.93. The summed E-state index contributed by atoms with van der Waals surface area (Å²) in [5.41, 5.74) is -3.62. The highest BCUT2D eigenvalue weighted by Gasteiger charge is 2.77. The van der Waals surface area contributed by atoms with E-state index in [9.17, 15) is 19.5 Å². The van der Waals surface area contributed by atoms with Gasteiger partial charge in [-0.25, -0.2) is 4.79 Å². The fourth-order valence-corrected chi connectivity index (χ4v) is 7.08. The standard InChI is InChI=1S/C22H36O7Si/c1-13-14(23)9-15-20(5)12-28-18(25)22(20,26)16(29-30(7,8)19(2,3)4)10-21(13,15)11-17(24)27-6/h13,15-16,26H,9-12H2,1-8H3/t13?,15-,16+,20-,21+,22+/m0/s1. The highest BCUT2D eigenvalue weighted by Crippen LogP contribution is 2.67. The molecule has 1 unspecified atom stereocenters. The maximum atomic E-state index is 12.9. The fraction of sp³-hybridized carbons (Fsp3) is 0.864. The summed E-state index contributed by atoms with van der Waals surface area (Å²) in [6.45, 7) is 14.1. The van der Waals surface area contributed by atoms with Crippen LogP contribution in [0.5, 0.6) is 0 Å². The summed E-state index contributed by atoms with van der Waals surface area (Å²) in [6, 6.07) is 0. The van der Waals surface area contributed by atoms with E-state index < -0.39 is 48.7 Å². The van der Waals surface area contributed by atoms with Crippen molar-refractivity contribution in [3.05, 3.63) is 0 Å². The molecule has 2 aliphatic carbocycles. The lowest BCUT2D eigenvalue weighted by molar-refractivity contribution is -0.213. The van der Waals surface area contributed by atoms with Crippen LogP contribution in [-0.2, 0) is 28.3 Å². The van der Waals surface area contributed by atoms with Crippen molar-refractivity contribution in [2.75, 3.05) is 13.7 Å². The van der Waals surface area contributed by atoms with E-state index in [-0.39, 0.29) is 42.6 Å². The average Bonchev–Trinajstić information content (AvgIpc) is 3.02. The van der Waals surface area contributed by atoms with E-state index >= 15 is 0 Å². The molecule has 30 heavy (non-hydrogen) atoms. The zero-order valence-electron chi connectivity index (χ0n) is 19.5. The first-order chi connectivity index (χ1) is 13.6. The van der Waals surface area contributed by atoms with Crippen LogP contribution in [0.25, 0.3) is 0 Å². The highest BCUT2D eigenvalue weighted by atomic mass is 28.4. The number of hydrogen-bond acceptors (Lipinski definition) is 7. The van der Waals surface area contributed by atoms with Crippen molar-refractivity contribution < 1.29 is 33.4 Å². The van der Waals surface area contributed by atoms with E-state index in [4.69, 9.17) is 13.9 Å². The number of fused-ring (bicyclic) bond motifs is 3. The first-order valence-electron chi connectivity index (χ1n) is 10.7. The summed E-state index contributed by atoms with van der Waals surface area (Å²) in [6.07, 6.45) is -0.348. The summed E-state index contributed by atoms with van der Waals surface area (Å²) < 4.78 is 17.0. The third-order valence-electron chi connectivity index (χ3n) is 8.87. The number of ketones is 1. The predicted molar refractivity (Wildman–Crippen MR) is 112 cm³/mol. The molecular weight excluding hydrogens is 404 g/mol. The lowest BCUT2D eigenvalue weighted by Gasteiger charge is -2.58. The average molecular weight is 441 g/mol. The second-order valence-corrected chi connectivity index (χ2v) is 16.0. The minimum Gasteiger partial charge on any atom is -0.469 e. The highest BCUT2D eigenvalue weighted by molar-refractivity contribution is 6.74. The van der Waals surface area contributed by atoms with E-state index in [2.05, 4.69) is 33.9 Å². The van der Waals surface area contributed by atoms with Crippen LogP contribution in [0.15, 0.2) is 0 Å². The molecule has 0 radical (unpaired) electrons. The lowest BCUT2D eigenvalue weighted by Crippen LogP contribution is -2.69. The number of carbonyl (C=O) groups excluding carboxylic acids is 3. The second-order valence-electron chi connectivity index (χ2n) is 11.3. The van der Waals surface area contributed by atoms with Crippen molar-refractivity contribution in [1.82, 2.24) is 0 Å². The molecule has 7 nitrogen and oxygen atoms in total. The normalized spacial score (nSPS) is 41.3. The zero-order valence-corrected chi connectivity index (χ0v) is 20.5. The third-order valence-corrected chi connectivity index (χ3v) is 13.4. The maximum Gasteiger partial charge on any atom is 0.341 e. The van der Waals surface area contributed by atoms with Crippen LogP contribution in [0.2, 0.25) is 18.1 Å². The topological polar surface area (TPSA) is 99.1 Å². The van der Waals surface area contributed by atoms with Crippen molar-refractivity contribution in [1.29, 1.82) is 0 Å². The Balaban J connectivity index is 2.16. The summed E-state index contributed by atoms with van der Waals surface area (Å²) in [4.78, 5) is 38.2. The Bertz CT molecular complexity index is 772. The molecule has 0 aromatic rings. The molecule has 6 atom stereocenters. The van der Waals surface area contributed by atoms with Gasteiger partial charge in [-0.1, -0.05) is 34.6 Å². The Labute approximate surface area is 180 Å². The minimum atomic E-state index is -2.39. The molecule has 1 N–H and O–H groups in total.